The minimum absolute atomic E-state index is 0.373. The summed E-state index contributed by atoms with van der Waals surface area (Å²) in [6, 6.07) is 1.81. The predicted molar refractivity (Wildman–Crippen MR) is 57.2 cm³/mol. The van der Waals surface area contributed by atoms with Crippen LogP contribution in [-0.2, 0) is 4.74 Å². The van der Waals surface area contributed by atoms with E-state index < -0.39 is 0 Å². The van der Waals surface area contributed by atoms with Crippen LogP contribution in [0.15, 0.2) is 12.4 Å². The second kappa shape index (κ2) is 3.61. The lowest BCUT2D eigenvalue weighted by molar-refractivity contribution is 0.0302. The molecular weight excluding hydrogens is 214 g/mol. The van der Waals surface area contributed by atoms with Gasteiger partial charge in [0, 0.05) is 19.2 Å². The molecule has 2 aliphatic heterocycles. The van der Waals surface area contributed by atoms with E-state index in [-0.39, 0.29) is 0 Å². The second-order valence-corrected chi connectivity index (χ2v) is 4.45. The zero-order valence-electron chi connectivity index (χ0n) is 8.27. The highest BCUT2D eigenvalue weighted by Gasteiger charge is 2.34. The molecule has 1 aromatic heterocycles. The zero-order chi connectivity index (χ0) is 10.3. The van der Waals surface area contributed by atoms with Crippen molar-refractivity contribution in [2.75, 3.05) is 18.0 Å². The first-order valence-electron chi connectivity index (χ1n) is 5.19. The van der Waals surface area contributed by atoms with Crippen molar-refractivity contribution < 1.29 is 4.74 Å². The van der Waals surface area contributed by atoms with Crippen LogP contribution in [0.5, 0.6) is 0 Å². The van der Waals surface area contributed by atoms with Crippen molar-refractivity contribution in [3.63, 3.8) is 0 Å². The van der Waals surface area contributed by atoms with Crippen LogP contribution < -0.4 is 4.90 Å². The number of rotatable bonds is 1. The van der Waals surface area contributed by atoms with Crippen LogP contribution in [0.3, 0.4) is 0 Å². The summed E-state index contributed by atoms with van der Waals surface area (Å²) in [5.41, 5.74) is 0. The summed E-state index contributed by atoms with van der Waals surface area (Å²) in [7, 11) is 0. The minimum atomic E-state index is 0.373. The van der Waals surface area contributed by atoms with Crippen LogP contribution >= 0.6 is 11.6 Å². The van der Waals surface area contributed by atoms with Gasteiger partial charge in [0.05, 0.1) is 12.2 Å². The van der Waals surface area contributed by atoms with Crippen molar-refractivity contribution in [1.82, 2.24) is 9.97 Å². The van der Waals surface area contributed by atoms with E-state index in [2.05, 4.69) is 14.9 Å². The molecule has 2 fully saturated rings. The van der Waals surface area contributed by atoms with Gasteiger partial charge in [0.15, 0.2) is 0 Å². The number of morpholine rings is 1. The molecule has 2 aliphatic rings. The van der Waals surface area contributed by atoms with Gasteiger partial charge in [-0.1, -0.05) is 11.6 Å². The normalized spacial score (nSPS) is 29.5. The number of aromatic nitrogens is 2. The lowest BCUT2D eigenvalue weighted by Gasteiger charge is -2.32. The van der Waals surface area contributed by atoms with Gasteiger partial charge in [-0.25, -0.2) is 9.97 Å². The topological polar surface area (TPSA) is 38.2 Å². The fraction of sp³-hybridized carbons (Fsp3) is 0.600. The number of hydrogen-bond acceptors (Lipinski definition) is 4. The Morgan fingerprint density at radius 3 is 2.67 bits per heavy atom. The van der Waals surface area contributed by atoms with Gasteiger partial charge in [0.2, 0.25) is 0 Å². The minimum Gasteiger partial charge on any atom is -0.371 e. The molecule has 0 saturated carbocycles. The molecule has 2 bridgehead atoms. The fourth-order valence-corrected chi connectivity index (χ4v) is 2.44. The third kappa shape index (κ3) is 1.79. The molecule has 1 aromatic rings. The van der Waals surface area contributed by atoms with Crippen LogP contribution in [0.1, 0.15) is 12.8 Å². The molecule has 2 saturated heterocycles. The maximum absolute atomic E-state index is 5.84. The summed E-state index contributed by atoms with van der Waals surface area (Å²) in [6.07, 6.45) is 4.59. The molecule has 15 heavy (non-hydrogen) atoms. The van der Waals surface area contributed by atoms with Crippen molar-refractivity contribution in [2.24, 2.45) is 0 Å². The molecule has 2 unspecified atom stereocenters. The number of fused-ring (bicyclic) bond motifs is 2. The SMILES string of the molecule is Clc1cc(N2CC3CCC(C2)O3)ncn1. The Labute approximate surface area is 93.2 Å². The maximum atomic E-state index is 5.84. The molecule has 0 aliphatic carbocycles. The number of ether oxygens (including phenoxy) is 1. The number of anilines is 1. The van der Waals surface area contributed by atoms with E-state index in [1.54, 1.807) is 0 Å². The first kappa shape index (κ1) is 9.36. The van der Waals surface area contributed by atoms with Crippen LogP contribution in [0, 0.1) is 0 Å². The maximum Gasteiger partial charge on any atom is 0.134 e. The van der Waals surface area contributed by atoms with E-state index in [4.69, 9.17) is 16.3 Å². The van der Waals surface area contributed by atoms with Gasteiger partial charge < -0.3 is 9.64 Å². The van der Waals surface area contributed by atoms with Crippen molar-refractivity contribution in [2.45, 2.75) is 25.0 Å². The molecule has 3 rings (SSSR count). The quantitative estimate of drug-likeness (QED) is 0.679. The highest BCUT2D eigenvalue weighted by Crippen LogP contribution is 2.28. The van der Waals surface area contributed by atoms with Gasteiger partial charge in [-0.05, 0) is 12.8 Å². The van der Waals surface area contributed by atoms with Crippen molar-refractivity contribution in [3.05, 3.63) is 17.5 Å². The first-order valence-corrected chi connectivity index (χ1v) is 5.57. The van der Waals surface area contributed by atoms with E-state index in [0.717, 1.165) is 18.9 Å². The van der Waals surface area contributed by atoms with Gasteiger partial charge >= 0.3 is 0 Å². The first-order chi connectivity index (χ1) is 7.31. The monoisotopic (exact) mass is 225 g/mol. The van der Waals surface area contributed by atoms with Gasteiger partial charge in [0.25, 0.3) is 0 Å². The predicted octanol–water partition coefficient (Wildman–Crippen LogP) is 1.50. The fourth-order valence-electron chi connectivity index (χ4n) is 2.30. The highest BCUT2D eigenvalue weighted by atomic mass is 35.5. The summed E-state index contributed by atoms with van der Waals surface area (Å²) in [4.78, 5) is 10.4. The van der Waals surface area contributed by atoms with Crippen LogP contribution in [-0.4, -0.2) is 35.3 Å². The molecule has 3 heterocycles. The van der Waals surface area contributed by atoms with E-state index in [1.165, 1.54) is 19.2 Å². The average molecular weight is 226 g/mol. The molecule has 0 spiro atoms. The highest BCUT2D eigenvalue weighted by molar-refractivity contribution is 6.29. The molecule has 80 valence electrons. The summed E-state index contributed by atoms with van der Waals surface area (Å²) in [6.45, 7) is 1.84. The zero-order valence-corrected chi connectivity index (χ0v) is 9.02. The number of halogens is 1. The van der Waals surface area contributed by atoms with Gasteiger partial charge in [-0.15, -0.1) is 0 Å². The Balaban J connectivity index is 1.83. The van der Waals surface area contributed by atoms with Crippen LogP contribution in [0.25, 0.3) is 0 Å². The van der Waals surface area contributed by atoms with E-state index in [1.807, 2.05) is 6.07 Å². The van der Waals surface area contributed by atoms with Crippen LogP contribution in [0.4, 0.5) is 5.82 Å². The Bertz CT molecular complexity index is 361. The molecule has 4 nitrogen and oxygen atoms in total. The second-order valence-electron chi connectivity index (χ2n) is 4.06. The third-order valence-corrected chi connectivity index (χ3v) is 3.19. The van der Waals surface area contributed by atoms with Crippen molar-refractivity contribution in [1.29, 1.82) is 0 Å². The van der Waals surface area contributed by atoms with Gasteiger partial charge in [-0.2, -0.15) is 0 Å². The smallest absolute Gasteiger partial charge is 0.134 e. The summed E-state index contributed by atoms with van der Waals surface area (Å²) in [5, 5.41) is 0.499. The number of nitrogens with zero attached hydrogens (tertiary/aromatic N) is 3. The lowest BCUT2D eigenvalue weighted by atomic mass is 10.2. The summed E-state index contributed by atoms with van der Waals surface area (Å²) >= 11 is 5.84. The molecule has 2 atom stereocenters. The molecule has 0 radical (unpaired) electrons. The molecule has 0 N–H and O–H groups in total. The van der Waals surface area contributed by atoms with E-state index in [9.17, 15) is 0 Å². The summed E-state index contributed by atoms with van der Waals surface area (Å²) in [5.74, 6) is 0.912. The van der Waals surface area contributed by atoms with E-state index >= 15 is 0 Å². The Hall–Kier alpha value is -0.870. The van der Waals surface area contributed by atoms with Crippen LogP contribution in [0.2, 0.25) is 5.15 Å². The average Bonchev–Trinajstić information content (AvgIpc) is 2.58. The molecule has 5 heteroatoms. The molecular formula is C10H12ClN3O. The third-order valence-electron chi connectivity index (χ3n) is 2.99. The van der Waals surface area contributed by atoms with Crippen molar-refractivity contribution >= 4 is 17.4 Å². The Morgan fingerprint density at radius 2 is 2.00 bits per heavy atom. The lowest BCUT2D eigenvalue weighted by Crippen LogP contribution is -2.43. The Morgan fingerprint density at radius 1 is 1.27 bits per heavy atom. The molecule has 0 amide bonds. The van der Waals surface area contributed by atoms with Gasteiger partial charge in [0.1, 0.15) is 17.3 Å². The van der Waals surface area contributed by atoms with Crippen molar-refractivity contribution in [3.8, 4) is 0 Å². The largest absolute Gasteiger partial charge is 0.371 e. The summed E-state index contributed by atoms with van der Waals surface area (Å²) < 4.78 is 5.76. The standard InChI is InChI=1S/C10H12ClN3O/c11-9-3-10(13-6-12-9)14-4-7-1-2-8(5-14)15-7/h3,6-8H,1-2,4-5H2. The molecule has 0 aromatic carbocycles. The number of hydrogen-bond donors (Lipinski definition) is 0. The Kier molecular flexibility index (Phi) is 2.25. The van der Waals surface area contributed by atoms with E-state index in [0.29, 0.717) is 17.4 Å². The van der Waals surface area contributed by atoms with Gasteiger partial charge in [-0.3, -0.25) is 0 Å².